The van der Waals surface area contributed by atoms with Gasteiger partial charge in [-0.05, 0) is 54.8 Å². The lowest BCUT2D eigenvalue weighted by Crippen LogP contribution is -2.40. The van der Waals surface area contributed by atoms with Gasteiger partial charge in [-0.2, -0.15) is 0 Å². The number of methoxy groups -OCH3 is 2. The van der Waals surface area contributed by atoms with Crippen molar-refractivity contribution in [3.8, 4) is 5.75 Å². The molecule has 0 atom stereocenters. The van der Waals surface area contributed by atoms with E-state index in [0.29, 0.717) is 43.7 Å². The molecule has 0 saturated carbocycles. The molecule has 1 amide bonds. The number of piperidine rings is 1. The van der Waals surface area contributed by atoms with E-state index in [-0.39, 0.29) is 17.6 Å². The van der Waals surface area contributed by atoms with E-state index in [1.54, 1.807) is 38.5 Å². The normalized spacial score (nSPS) is 14.8. The van der Waals surface area contributed by atoms with Crippen molar-refractivity contribution in [2.45, 2.75) is 19.4 Å². The molecule has 3 rings (SSSR count). The molecular formula is C22H25NO4. The molecule has 142 valence electrons. The fraction of sp³-hybridized carbons (Fsp3) is 0.364. The number of likely N-dealkylation sites (tertiary alicyclic amines) is 1. The number of hydrogen-bond donors (Lipinski definition) is 0. The Bertz CT molecular complexity index is 775. The van der Waals surface area contributed by atoms with Gasteiger partial charge in [-0.15, -0.1) is 0 Å². The van der Waals surface area contributed by atoms with Crippen LogP contribution in [0.1, 0.15) is 39.1 Å². The molecule has 27 heavy (non-hydrogen) atoms. The Labute approximate surface area is 159 Å². The summed E-state index contributed by atoms with van der Waals surface area (Å²) in [6.45, 7) is 1.74. The van der Waals surface area contributed by atoms with Crippen LogP contribution in [0.5, 0.6) is 5.75 Å². The molecule has 1 aliphatic rings. The Morgan fingerprint density at radius 3 is 2.07 bits per heavy atom. The van der Waals surface area contributed by atoms with E-state index in [2.05, 4.69) is 0 Å². The summed E-state index contributed by atoms with van der Waals surface area (Å²) in [4.78, 5) is 27.2. The third kappa shape index (κ3) is 4.55. The molecule has 0 bridgehead atoms. The number of rotatable bonds is 6. The van der Waals surface area contributed by atoms with Crippen LogP contribution in [0.15, 0.2) is 48.5 Å². The van der Waals surface area contributed by atoms with Crippen molar-refractivity contribution in [3.05, 3.63) is 65.2 Å². The van der Waals surface area contributed by atoms with Gasteiger partial charge in [0, 0.05) is 37.2 Å². The summed E-state index contributed by atoms with van der Waals surface area (Å²) < 4.78 is 10.2. The second kappa shape index (κ2) is 8.82. The highest BCUT2D eigenvalue weighted by Gasteiger charge is 2.28. The van der Waals surface area contributed by atoms with Gasteiger partial charge in [0.1, 0.15) is 5.75 Å². The van der Waals surface area contributed by atoms with Crippen LogP contribution < -0.4 is 4.74 Å². The molecule has 2 aromatic carbocycles. The van der Waals surface area contributed by atoms with Crippen molar-refractivity contribution >= 4 is 11.7 Å². The number of hydrogen-bond acceptors (Lipinski definition) is 4. The highest BCUT2D eigenvalue weighted by molar-refractivity contribution is 5.98. The molecule has 0 aromatic heterocycles. The van der Waals surface area contributed by atoms with E-state index in [4.69, 9.17) is 9.47 Å². The molecule has 1 heterocycles. The number of carbonyl (C=O) groups is 2. The average molecular weight is 367 g/mol. The van der Waals surface area contributed by atoms with Crippen LogP contribution in [0.4, 0.5) is 0 Å². The van der Waals surface area contributed by atoms with Crippen LogP contribution in [-0.2, 0) is 11.3 Å². The number of carbonyl (C=O) groups excluding carboxylic acids is 2. The Hall–Kier alpha value is -2.66. The maximum atomic E-state index is 12.7. The van der Waals surface area contributed by atoms with Crippen LogP contribution in [0.3, 0.4) is 0 Å². The number of amides is 1. The SMILES string of the molecule is COCc1ccc(C(=O)N2CCC(C(=O)c3ccc(OC)cc3)CC2)cc1. The molecule has 1 aliphatic heterocycles. The van der Waals surface area contributed by atoms with Crippen molar-refractivity contribution < 1.29 is 19.1 Å². The summed E-state index contributed by atoms with van der Waals surface area (Å²) in [7, 11) is 3.26. The largest absolute Gasteiger partial charge is 0.497 e. The van der Waals surface area contributed by atoms with E-state index in [0.717, 1.165) is 11.3 Å². The molecule has 0 spiro atoms. The van der Waals surface area contributed by atoms with E-state index in [1.807, 2.05) is 29.2 Å². The number of ketones is 1. The maximum absolute atomic E-state index is 12.7. The molecule has 0 radical (unpaired) electrons. The van der Waals surface area contributed by atoms with Gasteiger partial charge in [-0.25, -0.2) is 0 Å². The summed E-state index contributed by atoms with van der Waals surface area (Å²) in [6, 6.07) is 14.7. The van der Waals surface area contributed by atoms with Gasteiger partial charge in [-0.3, -0.25) is 9.59 Å². The first-order chi connectivity index (χ1) is 13.1. The zero-order chi connectivity index (χ0) is 19.2. The minimum absolute atomic E-state index is 0.0225. The van der Waals surface area contributed by atoms with E-state index in [9.17, 15) is 9.59 Å². The van der Waals surface area contributed by atoms with E-state index < -0.39 is 0 Å². The lowest BCUT2D eigenvalue weighted by Gasteiger charge is -2.31. The van der Waals surface area contributed by atoms with Gasteiger partial charge in [0.2, 0.25) is 0 Å². The second-order valence-electron chi connectivity index (χ2n) is 6.79. The Balaban J connectivity index is 1.57. The number of nitrogens with zero attached hydrogens (tertiary/aromatic N) is 1. The van der Waals surface area contributed by atoms with Crippen molar-refractivity contribution in [2.24, 2.45) is 5.92 Å². The maximum Gasteiger partial charge on any atom is 0.253 e. The van der Waals surface area contributed by atoms with E-state index in [1.165, 1.54) is 0 Å². The fourth-order valence-electron chi connectivity index (χ4n) is 3.43. The Morgan fingerprint density at radius 1 is 0.926 bits per heavy atom. The summed E-state index contributed by atoms with van der Waals surface area (Å²) in [5.41, 5.74) is 2.42. The lowest BCUT2D eigenvalue weighted by molar-refractivity contribution is 0.0650. The van der Waals surface area contributed by atoms with Crippen molar-refractivity contribution in [1.82, 2.24) is 4.90 Å². The molecule has 5 nitrogen and oxygen atoms in total. The second-order valence-corrected chi connectivity index (χ2v) is 6.79. The van der Waals surface area contributed by atoms with Gasteiger partial charge < -0.3 is 14.4 Å². The molecule has 0 unspecified atom stereocenters. The highest BCUT2D eigenvalue weighted by atomic mass is 16.5. The standard InChI is InChI=1S/C22H25NO4/c1-26-15-16-3-5-19(6-4-16)22(25)23-13-11-18(12-14-23)21(24)17-7-9-20(27-2)10-8-17/h3-10,18H,11-15H2,1-2H3. The smallest absolute Gasteiger partial charge is 0.253 e. The molecular weight excluding hydrogens is 342 g/mol. The number of benzene rings is 2. The van der Waals surface area contributed by atoms with Gasteiger partial charge in [0.25, 0.3) is 5.91 Å². The molecule has 2 aromatic rings. The zero-order valence-corrected chi connectivity index (χ0v) is 15.8. The van der Waals surface area contributed by atoms with Crippen LogP contribution >= 0.6 is 0 Å². The first kappa shape index (κ1) is 19.1. The zero-order valence-electron chi connectivity index (χ0n) is 15.8. The predicted octanol–water partition coefficient (Wildman–Crippen LogP) is 3.58. The number of Topliss-reactive ketones (excluding diaryl/α,β-unsaturated/α-hetero) is 1. The molecule has 1 fully saturated rings. The topological polar surface area (TPSA) is 55.8 Å². The summed E-state index contributed by atoms with van der Waals surface area (Å²) in [5.74, 6) is 0.873. The van der Waals surface area contributed by atoms with Crippen LogP contribution in [-0.4, -0.2) is 43.9 Å². The van der Waals surface area contributed by atoms with Gasteiger partial charge in [-0.1, -0.05) is 12.1 Å². The number of ether oxygens (including phenoxy) is 2. The van der Waals surface area contributed by atoms with Crippen LogP contribution in [0.2, 0.25) is 0 Å². The third-order valence-electron chi connectivity index (χ3n) is 5.04. The highest BCUT2D eigenvalue weighted by Crippen LogP contribution is 2.24. The molecule has 1 saturated heterocycles. The van der Waals surface area contributed by atoms with Crippen molar-refractivity contribution in [2.75, 3.05) is 27.3 Å². The summed E-state index contributed by atoms with van der Waals surface area (Å²) in [5, 5.41) is 0. The minimum Gasteiger partial charge on any atom is -0.497 e. The van der Waals surface area contributed by atoms with E-state index >= 15 is 0 Å². The van der Waals surface area contributed by atoms with Crippen LogP contribution in [0.25, 0.3) is 0 Å². The predicted molar refractivity (Wildman–Crippen MR) is 103 cm³/mol. The monoisotopic (exact) mass is 367 g/mol. The Kier molecular flexibility index (Phi) is 6.24. The first-order valence-electron chi connectivity index (χ1n) is 9.18. The summed E-state index contributed by atoms with van der Waals surface area (Å²) >= 11 is 0. The third-order valence-corrected chi connectivity index (χ3v) is 5.04. The quantitative estimate of drug-likeness (QED) is 0.733. The van der Waals surface area contributed by atoms with Gasteiger partial charge in [0.15, 0.2) is 5.78 Å². The van der Waals surface area contributed by atoms with Crippen LogP contribution in [0, 0.1) is 5.92 Å². The Morgan fingerprint density at radius 2 is 1.52 bits per heavy atom. The molecule has 0 N–H and O–H groups in total. The first-order valence-corrected chi connectivity index (χ1v) is 9.18. The average Bonchev–Trinajstić information content (AvgIpc) is 2.74. The summed E-state index contributed by atoms with van der Waals surface area (Å²) in [6.07, 6.45) is 1.39. The van der Waals surface area contributed by atoms with Gasteiger partial charge >= 0.3 is 0 Å². The fourth-order valence-corrected chi connectivity index (χ4v) is 3.43. The van der Waals surface area contributed by atoms with Crippen molar-refractivity contribution in [3.63, 3.8) is 0 Å². The molecule has 0 aliphatic carbocycles. The lowest BCUT2D eigenvalue weighted by atomic mass is 9.88. The van der Waals surface area contributed by atoms with Gasteiger partial charge in [0.05, 0.1) is 13.7 Å². The minimum atomic E-state index is -0.0356. The molecule has 5 heteroatoms. The van der Waals surface area contributed by atoms with Crippen molar-refractivity contribution in [1.29, 1.82) is 0 Å².